The molecule has 0 amide bonds. The molecule has 0 N–H and O–H groups in total. The fourth-order valence-electron chi connectivity index (χ4n) is 1.84. The highest BCUT2D eigenvalue weighted by Gasteiger charge is 2.22. The maximum Gasteiger partial charge on any atom is 0.417 e. The number of oxazole rings is 1. The number of aromatic nitrogens is 3. The minimum absolute atomic E-state index is 0.0168. The van der Waals surface area contributed by atoms with E-state index in [0.717, 1.165) is 0 Å². The van der Waals surface area contributed by atoms with Gasteiger partial charge in [-0.15, -0.1) is 0 Å². The van der Waals surface area contributed by atoms with Crippen LogP contribution in [-0.4, -0.2) is 20.0 Å². The zero-order valence-corrected chi connectivity index (χ0v) is 12.8. The van der Waals surface area contributed by atoms with Gasteiger partial charge in [0.2, 0.25) is 5.89 Å². The van der Waals surface area contributed by atoms with E-state index >= 15 is 0 Å². The first kappa shape index (κ1) is 14.9. The van der Waals surface area contributed by atoms with E-state index in [1.807, 2.05) is 20.8 Å². The Morgan fingerprint density at radius 1 is 1.30 bits per heavy atom. The minimum atomic E-state index is -0.489. The molecule has 2 aromatic heterocycles. The van der Waals surface area contributed by atoms with Crippen LogP contribution in [0.5, 0.6) is 6.08 Å². The van der Waals surface area contributed by atoms with Gasteiger partial charge in [-0.3, -0.25) is 14.6 Å². The summed E-state index contributed by atoms with van der Waals surface area (Å²) < 4.78 is 15.8. The van der Waals surface area contributed by atoms with Gasteiger partial charge in [-0.05, 0) is 6.07 Å². The summed E-state index contributed by atoms with van der Waals surface area (Å²) in [5, 5.41) is 14.6. The second kappa shape index (κ2) is 5.34. The molecule has 0 fully saturated rings. The number of non-ortho nitro benzene ring substituents is 1. The van der Waals surface area contributed by atoms with E-state index in [0.29, 0.717) is 16.9 Å². The van der Waals surface area contributed by atoms with Gasteiger partial charge in [-0.25, -0.2) is 4.98 Å². The van der Waals surface area contributed by atoms with Crippen LogP contribution in [-0.2, 0) is 12.0 Å². The average molecular weight is 318 g/mol. The van der Waals surface area contributed by atoms with Crippen LogP contribution in [0.3, 0.4) is 0 Å². The topological polar surface area (TPSA) is 117 Å². The first-order valence-corrected chi connectivity index (χ1v) is 6.84. The summed E-state index contributed by atoms with van der Waals surface area (Å²) in [6.45, 7) is 5.84. The molecule has 120 valence electrons. The molecule has 0 bridgehead atoms. The Balaban J connectivity index is 1.74. The lowest BCUT2D eigenvalue weighted by Gasteiger charge is -2.10. The third kappa shape index (κ3) is 3.12. The van der Waals surface area contributed by atoms with Gasteiger partial charge in [0, 0.05) is 17.5 Å². The van der Waals surface area contributed by atoms with Crippen LogP contribution in [0.4, 0.5) is 5.69 Å². The van der Waals surface area contributed by atoms with Gasteiger partial charge in [0.15, 0.2) is 18.0 Å². The lowest BCUT2D eigenvalue weighted by atomic mass is 9.96. The van der Waals surface area contributed by atoms with Crippen LogP contribution in [0, 0.1) is 10.1 Å². The molecule has 1 aromatic carbocycles. The molecule has 3 rings (SSSR count). The predicted molar refractivity (Wildman–Crippen MR) is 78.0 cm³/mol. The summed E-state index contributed by atoms with van der Waals surface area (Å²) in [7, 11) is 0. The van der Waals surface area contributed by atoms with Gasteiger partial charge in [0.1, 0.15) is 5.52 Å². The second-order valence-electron chi connectivity index (χ2n) is 5.94. The van der Waals surface area contributed by atoms with Crippen molar-refractivity contribution in [2.75, 3.05) is 0 Å². The predicted octanol–water partition coefficient (Wildman–Crippen LogP) is 3.00. The van der Waals surface area contributed by atoms with Crippen molar-refractivity contribution in [3.63, 3.8) is 0 Å². The van der Waals surface area contributed by atoms with Crippen molar-refractivity contribution in [3.05, 3.63) is 40.0 Å². The first-order chi connectivity index (χ1) is 10.8. The summed E-state index contributed by atoms with van der Waals surface area (Å²) in [6.07, 6.45) is 0.0168. The normalized spacial score (nSPS) is 11.8. The molecular weight excluding hydrogens is 304 g/mol. The number of hydrogen-bond donors (Lipinski definition) is 0. The third-order valence-corrected chi connectivity index (χ3v) is 3.02. The van der Waals surface area contributed by atoms with Crippen molar-refractivity contribution in [2.45, 2.75) is 32.8 Å². The van der Waals surface area contributed by atoms with Crippen molar-refractivity contribution >= 4 is 16.8 Å². The van der Waals surface area contributed by atoms with E-state index in [2.05, 4.69) is 15.1 Å². The van der Waals surface area contributed by atoms with Crippen molar-refractivity contribution in [1.29, 1.82) is 0 Å². The van der Waals surface area contributed by atoms with Crippen molar-refractivity contribution in [2.24, 2.45) is 0 Å². The fourth-order valence-corrected chi connectivity index (χ4v) is 1.84. The van der Waals surface area contributed by atoms with Crippen molar-refractivity contribution in [3.8, 4) is 6.08 Å². The van der Waals surface area contributed by atoms with E-state index in [1.54, 1.807) is 0 Å². The highest BCUT2D eigenvalue weighted by atomic mass is 16.6. The number of nitro groups is 1. The Morgan fingerprint density at radius 2 is 2.09 bits per heavy atom. The van der Waals surface area contributed by atoms with Crippen LogP contribution < -0.4 is 4.74 Å². The van der Waals surface area contributed by atoms with E-state index in [9.17, 15) is 10.1 Å². The van der Waals surface area contributed by atoms with Crippen molar-refractivity contribution in [1.82, 2.24) is 15.1 Å². The maximum absolute atomic E-state index is 10.7. The largest absolute Gasteiger partial charge is 0.439 e. The Morgan fingerprint density at radius 3 is 2.74 bits per heavy atom. The summed E-state index contributed by atoms with van der Waals surface area (Å²) in [5.74, 6) is 0.789. The van der Waals surface area contributed by atoms with Gasteiger partial charge in [-0.2, -0.15) is 4.98 Å². The lowest BCUT2D eigenvalue weighted by Crippen LogP contribution is -2.13. The number of rotatable bonds is 4. The molecule has 0 unspecified atom stereocenters. The minimum Gasteiger partial charge on any atom is -0.439 e. The standard InChI is InChI=1S/C14H14N4O5/c1-14(2,3)12-16-13(23-17-12)21-7-11-15-9-6-8(18(19)20)4-5-10(9)22-11/h4-6H,7H2,1-3H3. The molecule has 0 aliphatic heterocycles. The molecule has 0 saturated heterocycles. The molecule has 0 saturated carbocycles. The Bertz CT molecular complexity index is 862. The number of nitrogens with zero attached hydrogens (tertiary/aromatic N) is 4. The molecule has 9 nitrogen and oxygen atoms in total. The number of ether oxygens (including phenoxy) is 1. The van der Waals surface area contributed by atoms with Crippen molar-refractivity contribution < 1.29 is 18.6 Å². The quantitative estimate of drug-likeness (QED) is 0.532. The smallest absolute Gasteiger partial charge is 0.417 e. The first-order valence-electron chi connectivity index (χ1n) is 6.84. The van der Waals surface area contributed by atoms with E-state index in [4.69, 9.17) is 13.7 Å². The van der Waals surface area contributed by atoms with Crippen LogP contribution in [0.15, 0.2) is 27.1 Å². The van der Waals surface area contributed by atoms with Gasteiger partial charge in [-0.1, -0.05) is 25.9 Å². The van der Waals surface area contributed by atoms with E-state index in [-0.39, 0.29) is 29.7 Å². The summed E-state index contributed by atoms with van der Waals surface area (Å²) in [6, 6.07) is 4.19. The Labute approximate surface area is 130 Å². The SMILES string of the molecule is CC(C)(C)c1noc(OCc2nc3cc([N+](=O)[O-])ccc3o2)n1. The summed E-state index contributed by atoms with van der Waals surface area (Å²) >= 11 is 0. The molecule has 23 heavy (non-hydrogen) atoms. The highest BCUT2D eigenvalue weighted by Crippen LogP contribution is 2.23. The monoisotopic (exact) mass is 318 g/mol. The van der Waals surface area contributed by atoms with Gasteiger partial charge < -0.3 is 9.15 Å². The summed E-state index contributed by atoms with van der Waals surface area (Å²) in [5.41, 5.74) is 0.528. The molecule has 2 heterocycles. The lowest BCUT2D eigenvalue weighted by molar-refractivity contribution is -0.384. The van der Waals surface area contributed by atoms with E-state index < -0.39 is 4.92 Å². The number of hydrogen-bond acceptors (Lipinski definition) is 8. The fraction of sp³-hybridized carbons (Fsp3) is 0.357. The Kier molecular flexibility index (Phi) is 3.47. The third-order valence-electron chi connectivity index (χ3n) is 3.02. The number of fused-ring (bicyclic) bond motifs is 1. The molecule has 0 radical (unpaired) electrons. The van der Waals surface area contributed by atoms with Crippen LogP contribution in [0.2, 0.25) is 0 Å². The van der Waals surface area contributed by atoms with Gasteiger partial charge in [0.05, 0.1) is 4.92 Å². The van der Waals surface area contributed by atoms with Gasteiger partial charge in [0.25, 0.3) is 5.69 Å². The Hall–Kier alpha value is -2.97. The zero-order chi connectivity index (χ0) is 16.6. The van der Waals surface area contributed by atoms with Crippen LogP contribution in [0.1, 0.15) is 32.5 Å². The second-order valence-corrected chi connectivity index (χ2v) is 5.94. The molecule has 0 atom stereocenters. The molecule has 0 aliphatic rings. The highest BCUT2D eigenvalue weighted by molar-refractivity contribution is 5.75. The van der Waals surface area contributed by atoms with Crippen LogP contribution in [0.25, 0.3) is 11.1 Å². The molecule has 0 spiro atoms. The summed E-state index contributed by atoms with van der Waals surface area (Å²) in [4.78, 5) is 18.5. The number of nitro benzene ring substituents is 1. The van der Waals surface area contributed by atoms with Crippen LogP contribution >= 0.6 is 0 Å². The van der Waals surface area contributed by atoms with Gasteiger partial charge >= 0.3 is 6.08 Å². The molecule has 3 aromatic rings. The number of benzene rings is 1. The van der Waals surface area contributed by atoms with E-state index in [1.165, 1.54) is 18.2 Å². The molecule has 9 heteroatoms. The maximum atomic E-state index is 10.7. The average Bonchev–Trinajstić information content (AvgIpc) is 3.10. The molecule has 0 aliphatic carbocycles. The molecular formula is C14H14N4O5. The zero-order valence-electron chi connectivity index (χ0n) is 12.8.